The molecule has 1 amide bonds. The monoisotopic (exact) mass is 359 g/mol. The number of likely N-dealkylation sites (tertiary alicyclic amines) is 1. The lowest BCUT2D eigenvalue weighted by molar-refractivity contribution is -0.144. The summed E-state index contributed by atoms with van der Waals surface area (Å²) in [5, 5.41) is 10.5. The molecule has 2 saturated heterocycles. The molecule has 0 aromatic carbocycles. The van der Waals surface area contributed by atoms with E-state index in [0.29, 0.717) is 38.9 Å². The quantitative estimate of drug-likeness (QED) is 0.822. The average Bonchev–Trinajstić information content (AvgIpc) is 3.23. The second-order valence-electron chi connectivity index (χ2n) is 6.95. The van der Waals surface area contributed by atoms with Gasteiger partial charge in [0.1, 0.15) is 5.54 Å². The van der Waals surface area contributed by atoms with Gasteiger partial charge in [0, 0.05) is 25.5 Å². The summed E-state index contributed by atoms with van der Waals surface area (Å²) in [5.41, 5.74) is -0.709. The molecule has 2 aliphatic heterocycles. The van der Waals surface area contributed by atoms with E-state index >= 15 is 0 Å². The van der Waals surface area contributed by atoms with Crippen molar-refractivity contribution in [2.24, 2.45) is 5.92 Å². The summed E-state index contributed by atoms with van der Waals surface area (Å²) in [6.07, 6.45) is 1.25. The maximum absolute atomic E-state index is 12.9. The number of nitrogens with zero attached hydrogens (tertiary/aromatic N) is 3. The number of piperidine rings is 1. The maximum atomic E-state index is 12.9. The summed E-state index contributed by atoms with van der Waals surface area (Å²) in [7, 11) is 0. The van der Waals surface area contributed by atoms with Gasteiger partial charge in [0.25, 0.3) is 0 Å². The van der Waals surface area contributed by atoms with Crippen LogP contribution in [0.5, 0.6) is 0 Å². The Hall–Kier alpha value is -1.61. The number of rotatable bonds is 5. The van der Waals surface area contributed by atoms with Gasteiger partial charge in [-0.25, -0.2) is 0 Å². The zero-order valence-corrected chi connectivity index (χ0v) is 14.1. The normalized spacial score (nSPS) is 24.4. The third-order valence-electron chi connectivity index (χ3n) is 5.12. The van der Waals surface area contributed by atoms with Crippen LogP contribution >= 0.6 is 0 Å². The molecule has 1 unspecified atom stereocenters. The molecule has 1 atom stereocenters. The molecule has 2 fully saturated rings. The van der Waals surface area contributed by atoms with Gasteiger partial charge in [-0.05, 0) is 50.9 Å². The minimum atomic E-state index is -4.17. The van der Waals surface area contributed by atoms with Gasteiger partial charge in [0.2, 0.25) is 5.91 Å². The Morgan fingerprint density at radius 1 is 1.36 bits per heavy atom. The van der Waals surface area contributed by atoms with Gasteiger partial charge in [0.15, 0.2) is 0 Å². The van der Waals surface area contributed by atoms with Crippen LogP contribution < -0.4 is 10.6 Å². The molecule has 140 valence electrons. The van der Waals surface area contributed by atoms with E-state index in [2.05, 4.69) is 15.7 Å². The number of carbonyl (C=O) groups excluding carboxylic acids is 1. The SMILES string of the molecule is O=C(NCC1CCN(CC(F)(F)F)C1)C1(n2cccn2)CCNCC1. The van der Waals surface area contributed by atoms with Crippen LogP contribution in [0.3, 0.4) is 0 Å². The van der Waals surface area contributed by atoms with Gasteiger partial charge in [0.05, 0.1) is 6.54 Å². The molecule has 3 rings (SSSR count). The van der Waals surface area contributed by atoms with E-state index in [9.17, 15) is 18.0 Å². The second kappa shape index (κ2) is 7.33. The van der Waals surface area contributed by atoms with Crippen LogP contribution in [0, 0.1) is 5.92 Å². The summed E-state index contributed by atoms with van der Waals surface area (Å²) in [6.45, 7) is 1.79. The fourth-order valence-electron chi connectivity index (χ4n) is 3.80. The summed E-state index contributed by atoms with van der Waals surface area (Å²) in [4.78, 5) is 14.3. The van der Waals surface area contributed by atoms with E-state index in [1.165, 1.54) is 4.90 Å². The zero-order chi connectivity index (χ0) is 17.9. The highest BCUT2D eigenvalue weighted by molar-refractivity contribution is 5.84. The number of alkyl halides is 3. The minimum absolute atomic E-state index is 0.0580. The Kier molecular flexibility index (Phi) is 5.33. The highest BCUT2D eigenvalue weighted by Gasteiger charge is 2.42. The first-order valence-electron chi connectivity index (χ1n) is 8.67. The maximum Gasteiger partial charge on any atom is 0.401 e. The number of amides is 1. The summed E-state index contributed by atoms with van der Waals surface area (Å²) < 4.78 is 39.1. The molecule has 1 aromatic heterocycles. The standard InChI is InChI=1S/C16H24F3N5O/c17-16(18,19)12-23-9-2-13(11-23)10-21-14(25)15(3-6-20-7-4-15)24-8-1-5-22-24/h1,5,8,13,20H,2-4,6-7,9-12H2,(H,21,25). The summed E-state index contributed by atoms with van der Waals surface area (Å²) in [5.74, 6) is -0.0327. The van der Waals surface area contributed by atoms with Crippen molar-refractivity contribution in [3.05, 3.63) is 18.5 Å². The molecule has 3 heterocycles. The van der Waals surface area contributed by atoms with Crippen molar-refractivity contribution in [3.8, 4) is 0 Å². The van der Waals surface area contributed by atoms with E-state index < -0.39 is 18.3 Å². The van der Waals surface area contributed by atoms with Crippen LogP contribution in [0.25, 0.3) is 0 Å². The predicted octanol–water partition coefficient (Wildman–Crippen LogP) is 0.962. The molecule has 1 aromatic rings. The molecule has 6 nitrogen and oxygen atoms in total. The lowest BCUT2D eigenvalue weighted by atomic mass is 9.87. The van der Waals surface area contributed by atoms with Gasteiger partial charge < -0.3 is 10.6 Å². The second-order valence-corrected chi connectivity index (χ2v) is 6.95. The smallest absolute Gasteiger partial charge is 0.354 e. The third-order valence-corrected chi connectivity index (χ3v) is 5.12. The molecular weight excluding hydrogens is 335 g/mol. The van der Waals surface area contributed by atoms with Gasteiger partial charge in [-0.1, -0.05) is 0 Å². The van der Waals surface area contributed by atoms with E-state index in [1.54, 1.807) is 23.1 Å². The first kappa shape index (κ1) is 18.2. The van der Waals surface area contributed by atoms with E-state index in [0.717, 1.165) is 13.1 Å². The van der Waals surface area contributed by atoms with Gasteiger partial charge in [-0.3, -0.25) is 14.4 Å². The fourth-order valence-corrected chi connectivity index (χ4v) is 3.80. The lowest BCUT2D eigenvalue weighted by Gasteiger charge is -2.36. The third kappa shape index (κ3) is 4.33. The van der Waals surface area contributed by atoms with Crippen LogP contribution in [0.1, 0.15) is 19.3 Å². The first-order chi connectivity index (χ1) is 11.9. The van der Waals surface area contributed by atoms with Crippen molar-refractivity contribution in [1.82, 2.24) is 25.3 Å². The molecule has 25 heavy (non-hydrogen) atoms. The van der Waals surface area contributed by atoms with E-state index in [4.69, 9.17) is 0 Å². The number of hydrogen-bond acceptors (Lipinski definition) is 4. The van der Waals surface area contributed by atoms with Crippen LogP contribution in [-0.4, -0.2) is 66.0 Å². The van der Waals surface area contributed by atoms with Crippen molar-refractivity contribution in [3.63, 3.8) is 0 Å². The van der Waals surface area contributed by atoms with Gasteiger partial charge in [-0.2, -0.15) is 18.3 Å². The molecule has 9 heteroatoms. The molecule has 0 spiro atoms. The Morgan fingerprint density at radius 3 is 2.76 bits per heavy atom. The van der Waals surface area contributed by atoms with Crippen molar-refractivity contribution in [1.29, 1.82) is 0 Å². The zero-order valence-electron chi connectivity index (χ0n) is 14.1. The average molecular weight is 359 g/mol. The fraction of sp³-hybridized carbons (Fsp3) is 0.750. The Morgan fingerprint density at radius 2 is 2.12 bits per heavy atom. The molecule has 0 aliphatic carbocycles. The Labute approximate surface area is 144 Å². The lowest BCUT2D eigenvalue weighted by Crippen LogP contribution is -2.55. The highest BCUT2D eigenvalue weighted by Crippen LogP contribution is 2.28. The number of hydrogen-bond donors (Lipinski definition) is 2. The Bertz CT molecular complexity index is 569. The van der Waals surface area contributed by atoms with Gasteiger partial charge >= 0.3 is 6.18 Å². The number of halogens is 3. The van der Waals surface area contributed by atoms with Crippen LogP contribution in [0.4, 0.5) is 13.2 Å². The summed E-state index contributed by atoms with van der Waals surface area (Å²) >= 11 is 0. The molecule has 0 bridgehead atoms. The summed E-state index contributed by atoms with van der Waals surface area (Å²) in [6, 6.07) is 1.79. The molecule has 2 N–H and O–H groups in total. The van der Waals surface area contributed by atoms with Crippen molar-refractivity contribution in [2.75, 3.05) is 39.3 Å². The minimum Gasteiger partial charge on any atom is -0.354 e. The molecule has 0 saturated carbocycles. The van der Waals surface area contributed by atoms with Crippen molar-refractivity contribution < 1.29 is 18.0 Å². The highest BCUT2D eigenvalue weighted by atomic mass is 19.4. The topological polar surface area (TPSA) is 62.2 Å². The van der Waals surface area contributed by atoms with Crippen molar-refractivity contribution >= 4 is 5.91 Å². The molecular formula is C16H24F3N5O. The van der Waals surface area contributed by atoms with Crippen LogP contribution in [0.2, 0.25) is 0 Å². The number of carbonyl (C=O) groups is 1. The Balaban J connectivity index is 1.56. The number of aromatic nitrogens is 2. The van der Waals surface area contributed by atoms with E-state index in [-0.39, 0.29) is 11.8 Å². The van der Waals surface area contributed by atoms with E-state index in [1.807, 2.05) is 0 Å². The molecule has 2 aliphatic rings. The molecule has 0 radical (unpaired) electrons. The van der Waals surface area contributed by atoms with Crippen molar-refractivity contribution in [2.45, 2.75) is 31.0 Å². The largest absolute Gasteiger partial charge is 0.401 e. The first-order valence-corrected chi connectivity index (χ1v) is 8.67. The predicted molar refractivity (Wildman–Crippen MR) is 85.9 cm³/mol. The number of nitrogens with one attached hydrogen (secondary N) is 2. The van der Waals surface area contributed by atoms with Crippen LogP contribution in [-0.2, 0) is 10.3 Å². The van der Waals surface area contributed by atoms with Gasteiger partial charge in [-0.15, -0.1) is 0 Å². The van der Waals surface area contributed by atoms with Crippen LogP contribution in [0.15, 0.2) is 18.5 Å².